The Labute approximate surface area is 162 Å². The van der Waals surface area contributed by atoms with Gasteiger partial charge in [0.25, 0.3) is 5.91 Å². The summed E-state index contributed by atoms with van der Waals surface area (Å²) in [5.41, 5.74) is 3.03. The van der Waals surface area contributed by atoms with Crippen LogP contribution in [0.2, 0.25) is 10.0 Å². The van der Waals surface area contributed by atoms with Crippen molar-refractivity contribution in [3.8, 4) is 11.3 Å². The van der Waals surface area contributed by atoms with Gasteiger partial charge in [-0.15, -0.1) is 11.3 Å². The summed E-state index contributed by atoms with van der Waals surface area (Å²) in [5.74, 6) is -0.369. The average Bonchev–Trinajstić information content (AvgIpc) is 3.09. The quantitative estimate of drug-likeness (QED) is 0.505. The third-order valence-electron chi connectivity index (χ3n) is 3.61. The molecule has 0 aliphatic heterocycles. The zero-order valence-electron chi connectivity index (χ0n) is 13.1. The number of thiazole rings is 1. The van der Waals surface area contributed by atoms with Gasteiger partial charge in [-0.2, -0.15) is 0 Å². The van der Waals surface area contributed by atoms with E-state index in [-0.39, 0.29) is 11.6 Å². The van der Waals surface area contributed by atoms with Crippen LogP contribution in [0.5, 0.6) is 0 Å². The summed E-state index contributed by atoms with van der Waals surface area (Å²) in [6, 6.07) is 12.6. The van der Waals surface area contributed by atoms with Crippen LogP contribution in [0.25, 0.3) is 22.3 Å². The molecule has 2 aromatic carbocycles. The van der Waals surface area contributed by atoms with Gasteiger partial charge in [-0.3, -0.25) is 15.1 Å². The van der Waals surface area contributed by atoms with E-state index in [1.165, 1.54) is 17.5 Å². The number of carbonyl (C=O) groups is 1. The van der Waals surface area contributed by atoms with Gasteiger partial charge in [0.2, 0.25) is 0 Å². The van der Waals surface area contributed by atoms with Gasteiger partial charge < -0.3 is 0 Å². The molecule has 0 radical (unpaired) electrons. The first-order chi connectivity index (χ1) is 12.6. The van der Waals surface area contributed by atoms with E-state index in [4.69, 9.17) is 23.2 Å². The van der Waals surface area contributed by atoms with Crippen molar-refractivity contribution in [1.29, 1.82) is 0 Å². The second kappa shape index (κ2) is 6.99. The van der Waals surface area contributed by atoms with Crippen molar-refractivity contribution in [2.75, 3.05) is 5.32 Å². The molecule has 0 saturated carbocycles. The first-order valence-electron chi connectivity index (χ1n) is 7.54. The summed E-state index contributed by atoms with van der Waals surface area (Å²) in [5, 5.41) is 6.06. The van der Waals surface area contributed by atoms with E-state index in [0.29, 0.717) is 26.4 Å². The van der Waals surface area contributed by atoms with Crippen molar-refractivity contribution in [2.24, 2.45) is 0 Å². The molecule has 1 amide bonds. The van der Waals surface area contributed by atoms with Crippen molar-refractivity contribution in [1.82, 2.24) is 15.0 Å². The van der Waals surface area contributed by atoms with Crippen molar-refractivity contribution in [3.05, 3.63) is 69.8 Å². The summed E-state index contributed by atoms with van der Waals surface area (Å²) in [4.78, 5) is 25.4. The predicted molar refractivity (Wildman–Crippen MR) is 105 cm³/mol. The smallest absolute Gasteiger partial charge is 0.277 e. The number of halogens is 2. The molecule has 0 saturated heterocycles. The van der Waals surface area contributed by atoms with E-state index < -0.39 is 0 Å². The molecule has 128 valence electrons. The number of para-hydroxylation sites is 2. The second-order valence-corrected chi connectivity index (χ2v) is 7.06. The lowest BCUT2D eigenvalue weighted by molar-refractivity contribution is 0.102. The molecule has 5 nitrogen and oxygen atoms in total. The van der Waals surface area contributed by atoms with Crippen LogP contribution in [0.15, 0.2) is 54.0 Å². The van der Waals surface area contributed by atoms with Gasteiger partial charge in [-0.25, -0.2) is 9.97 Å². The Morgan fingerprint density at radius 3 is 2.65 bits per heavy atom. The molecule has 0 aliphatic carbocycles. The first kappa shape index (κ1) is 16.9. The molecule has 4 rings (SSSR count). The van der Waals surface area contributed by atoms with Crippen LogP contribution in [0.3, 0.4) is 0 Å². The molecule has 8 heteroatoms. The maximum absolute atomic E-state index is 12.4. The molecular weight excluding hydrogens is 391 g/mol. The molecular formula is C18H10Cl2N4OS. The number of nitrogens with zero attached hydrogens (tertiary/aromatic N) is 3. The van der Waals surface area contributed by atoms with Crippen LogP contribution in [0.1, 0.15) is 10.5 Å². The minimum Gasteiger partial charge on any atom is -0.296 e. The van der Waals surface area contributed by atoms with E-state index >= 15 is 0 Å². The summed E-state index contributed by atoms with van der Waals surface area (Å²) in [6.07, 6.45) is 1.45. The van der Waals surface area contributed by atoms with Crippen LogP contribution in [-0.4, -0.2) is 20.9 Å². The number of hydrogen-bond donors (Lipinski definition) is 1. The lowest BCUT2D eigenvalue weighted by Gasteiger charge is -2.03. The second-order valence-electron chi connectivity index (χ2n) is 5.36. The Kier molecular flexibility index (Phi) is 4.55. The minimum atomic E-state index is -0.369. The summed E-state index contributed by atoms with van der Waals surface area (Å²) in [6.45, 7) is 0. The van der Waals surface area contributed by atoms with Gasteiger partial charge in [0.1, 0.15) is 5.69 Å². The van der Waals surface area contributed by atoms with Crippen LogP contribution < -0.4 is 5.32 Å². The van der Waals surface area contributed by atoms with Crippen LogP contribution in [0.4, 0.5) is 5.13 Å². The lowest BCUT2D eigenvalue weighted by atomic mass is 10.2. The minimum absolute atomic E-state index is 0.227. The molecule has 0 spiro atoms. The zero-order valence-corrected chi connectivity index (χ0v) is 15.4. The summed E-state index contributed by atoms with van der Waals surface area (Å²) in [7, 11) is 0. The molecule has 2 aromatic heterocycles. The van der Waals surface area contributed by atoms with Gasteiger partial charge in [-0.1, -0.05) is 35.3 Å². The molecule has 26 heavy (non-hydrogen) atoms. The number of hydrogen-bond acceptors (Lipinski definition) is 5. The maximum atomic E-state index is 12.4. The summed E-state index contributed by atoms with van der Waals surface area (Å²) >= 11 is 13.4. The number of aromatic nitrogens is 3. The topological polar surface area (TPSA) is 67.8 Å². The molecule has 0 fully saturated rings. The third kappa shape index (κ3) is 3.39. The van der Waals surface area contributed by atoms with E-state index in [1.807, 2.05) is 29.6 Å². The average molecular weight is 401 g/mol. The van der Waals surface area contributed by atoms with Gasteiger partial charge in [0, 0.05) is 16.0 Å². The molecule has 4 aromatic rings. The number of benzene rings is 2. The van der Waals surface area contributed by atoms with E-state index in [9.17, 15) is 4.79 Å². The van der Waals surface area contributed by atoms with Gasteiger partial charge in [-0.05, 0) is 30.3 Å². The highest BCUT2D eigenvalue weighted by atomic mass is 35.5. The van der Waals surface area contributed by atoms with Crippen molar-refractivity contribution in [3.63, 3.8) is 0 Å². The monoisotopic (exact) mass is 400 g/mol. The lowest BCUT2D eigenvalue weighted by Crippen LogP contribution is -2.14. The van der Waals surface area contributed by atoms with Crippen LogP contribution in [0, 0.1) is 0 Å². The van der Waals surface area contributed by atoms with Crippen LogP contribution in [-0.2, 0) is 0 Å². The standard InChI is InChI=1S/C18H10Cl2N4OS/c19-10-5-6-11(12(20)7-10)16-9-26-18(23-16)24-17(25)15-8-21-13-3-1-2-4-14(13)22-15/h1-9H,(H,23,24,25). The summed E-state index contributed by atoms with van der Waals surface area (Å²) < 4.78 is 0. The molecule has 1 N–H and O–H groups in total. The van der Waals surface area contributed by atoms with Crippen molar-refractivity contribution >= 4 is 56.6 Å². The molecule has 0 bridgehead atoms. The SMILES string of the molecule is O=C(Nc1nc(-c2ccc(Cl)cc2Cl)cs1)c1cnc2ccccc2n1. The highest BCUT2D eigenvalue weighted by Gasteiger charge is 2.13. The number of carbonyl (C=O) groups excluding carboxylic acids is 1. The number of nitrogens with one attached hydrogen (secondary N) is 1. The predicted octanol–water partition coefficient (Wildman–Crippen LogP) is 5.31. The van der Waals surface area contributed by atoms with Gasteiger partial charge in [0.15, 0.2) is 5.13 Å². The normalized spacial score (nSPS) is 10.8. The number of rotatable bonds is 3. The number of amides is 1. The third-order valence-corrected chi connectivity index (χ3v) is 4.92. The van der Waals surface area contributed by atoms with E-state index in [1.54, 1.807) is 18.2 Å². The van der Waals surface area contributed by atoms with Crippen molar-refractivity contribution in [2.45, 2.75) is 0 Å². The fourth-order valence-electron chi connectivity index (χ4n) is 2.38. The van der Waals surface area contributed by atoms with Crippen molar-refractivity contribution < 1.29 is 4.79 Å². The van der Waals surface area contributed by atoms with Gasteiger partial charge >= 0.3 is 0 Å². The zero-order chi connectivity index (χ0) is 18.1. The Hall–Kier alpha value is -2.54. The fourth-order valence-corrected chi connectivity index (χ4v) is 3.59. The van der Waals surface area contributed by atoms with E-state index in [0.717, 1.165) is 11.1 Å². The molecule has 0 atom stereocenters. The Balaban J connectivity index is 1.57. The maximum Gasteiger partial charge on any atom is 0.277 e. The van der Waals surface area contributed by atoms with Crippen LogP contribution >= 0.6 is 34.5 Å². The Bertz CT molecular complexity index is 1130. The van der Waals surface area contributed by atoms with E-state index in [2.05, 4.69) is 20.3 Å². The Morgan fingerprint density at radius 2 is 1.85 bits per heavy atom. The largest absolute Gasteiger partial charge is 0.296 e. The fraction of sp³-hybridized carbons (Fsp3) is 0. The highest BCUT2D eigenvalue weighted by Crippen LogP contribution is 2.32. The molecule has 0 aliphatic rings. The first-order valence-corrected chi connectivity index (χ1v) is 9.18. The Morgan fingerprint density at radius 1 is 1.04 bits per heavy atom. The number of anilines is 1. The molecule has 0 unspecified atom stereocenters. The van der Waals surface area contributed by atoms with Gasteiger partial charge in [0.05, 0.1) is 27.9 Å². The molecule has 2 heterocycles. The highest BCUT2D eigenvalue weighted by molar-refractivity contribution is 7.14. The number of fused-ring (bicyclic) bond motifs is 1.